The van der Waals surface area contributed by atoms with Crippen LogP contribution in [-0.4, -0.2) is 10.9 Å². The predicted molar refractivity (Wildman–Crippen MR) is 75.8 cm³/mol. The number of para-hydroxylation sites is 1. The summed E-state index contributed by atoms with van der Waals surface area (Å²) in [6.45, 7) is 0. The zero-order chi connectivity index (χ0) is 13.0. The average Bonchev–Trinajstić information content (AvgIpc) is 2.38. The molecule has 1 N–H and O–H groups in total. The third kappa shape index (κ3) is 3.20. The maximum absolute atomic E-state index is 11.9. The number of ketones is 1. The lowest BCUT2D eigenvalue weighted by atomic mass is 9.99. The number of carbonyl (C=O) groups is 1. The Hall–Kier alpha value is -1.61. The summed E-state index contributed by atoms with van der Waals surface area (Å²) < 4.78 is 1.07. The van der Waals surface area contributed by atoms with Gasteiger partial charge in [0.05, 0.1) is 5.56 Å². The van der Waals surface area contributed by atoms with Crippen molar-refractivity contribution in [2.75, 3.05) is 0 Å². The Bertz CT molecular complexity index is 541. The van der Waals surface area contributed by atoms with E-state index in [2.05, 4.69) is 22.0 Å². The number of benzene rings is 1. The van der Waals surface area contributed by atoms with Crippen LogP contribution in [-0.2, 0) is 0 Å². The molecule has 0 fully saturated rings. The highest BCUT2D eigenvalue weighted by Crippen LogP contribution is 2.22. The van der Waals surface area contributed by atoms with Crippen molar-refractivity contribution in [1.29, 1.82) is 0 Å². The van der Waals surface area contributed by atoms with Crippen LogP contribution in [0.15, 0.2) is 59.1 Å². The van der Waals surface area contributed by atoms with Crippen molar-refractivity contribution >= 4 is 21.7 Å². The molecule has 2 rings (SSSR count). The second-order valence-electron chi connectivity index (χ2n) is 4.09. The van der Waals surface area contributed by atoms with E-state index < -0.39 is 0 Å². The summed E-state index contributed by atoms with van der Waals surface area (Å²) >= 11 is 3.39. The lowest BCUT2D eigenvalue weighted by Gasteiger charge is -2.08. The fraction of sp³-hybridized carbons (Fsp3) is 0.133. The first-order valence-corrected chi connectivity index (χ1v) is 6.50. The number of halogens is 1. The zero-order valence-corrected chi connectivity index (χ0v) is 11.3. The van der Waals surface area contributed by atoms with Gasteiger partial charge in [0.25, 0.3) is 0 Å². The minimum atomic E-state index is -0.171. The summed E-state index contributed by atoms with van der Waals surface area (Å²) in [5, 5.41) is 9.57. The van der Waals surface area contributed by atoms with Crippen molar-refractivity contribution in [1.82, 2.24) is 0 Å². The van der Waals surface area contributed by atoms with Crippen molar-refractivity contribution in [3.63, 3.8) is 0 Å². The molecule has 0 saturated heterocycles. The van der Waals surface area contributed by atoms with E-state index in [4.69, 9.17) is 0 Å². The van der Waals surface area contributed by atoms with Gasteiger partial charge < -0.3 is 5.11 Å². The highest BCUT2D eigenvalue weighted by atomic mass is 79.9. The van der Waals surface area contributed by atoms with E-state index in [0.29, 0.717) is 5.56 Å². The SMILES string of the molecule is O=C(C=CC1C=CC(Br)=CC1)c1ccccc1O. The van der Waals surface area contributed by atoms with Crippen LogP contribution in [0.5, 0.6) is 5.75 Å². The molecule has 1 atom stereocenters. The Kier molecular flexibility index (Phi) is 4.15. The van der Waals surface area contributed by atoms with Crippen molar-refractivity contribution in [3.8, 4) is 5.75 Å². The van der Waals surface area contributed by atoms with Gasteiger partial charge in [0, 0.05) is 4.48 Å². The van der Waals surface area contributed by atoms with E-state index >= 15 is 0 Å². The molecule has 0 aromatic heterocycles. The molecule has 0 amide bonds. The van der Waals surface area contributed by atoms with Gasteiger partial charge >= 0.3 is 0 Å². The molecule has 3 heteroatoms. The van der Waals surface area contributed by atoms with Crippen LogP contribution in [0, 0.1) is 5.92 Å². The van der Waals surface area contributed by atoms with Crippen LogP contribution in [0.2, 0.25) is 0 Å². The number of phenolic OH excluding ortho intramolecular Hbond substituents is 1. The molecule has 1 unspecified atom stereocenters. The normalized spacial score (nSPS) is 18.9. The lowest BCUT2D eigenvalue weighted by molar-refractivity contribution is 0.104. The van der Waals surface area contributed by atoms with E-state index in [1.54, 1.807) is 18.2 Å². The Morgan fingerprint density at radius 1 is 1.39 bits per heavy atom. The molecule has 0 heterocycles. The Balaban J connectivity index is 2.05. The van der Waals surface area contributed by atoms with Crippen LogP contribution in [0.3, 0.4) is 0 Å². The van der Waals surface area contributed by atoms with Crippen LogP contribution in [0.1, 0.15) is 16.8 Å². The maximum atomic E-state index is 11.9. The maximum Gasteiger partial charge on any atom is 0.189 e. The molecular weight excluding hydrogens is 292 g/mol. The van der Waals surface area contributed by atoms with Crippen molar-refractivity contribution in [2.45, 2.75) is 6.42 Å². The van der Waals surface area contributed by atoms with E-state index in [0.717, 1.165) is 10.9 Å². The Labute approximate surface area is 114 Å². The predicted octanol–water partition coefficient (Wildman–Crippen LogP) is 3.99. The summed E-state index contributed by atoms with van der Waals surface area (Å²) in [6.07, 6.45) is 10.3. The Morgan fingerprint density at radius 2 is 2.17 bits per heavy atom. The molecule has 1 aromatic carbocycles. The van der Waals surface area contributed by atoms with Crippen LogP contribution in [0.25, 0.3) is 0 Å². The topological polar surface area (TPSA) is 37.3 Å². The van der Waals surface area contributed by atoms with E-state index in [-0.39, 0.29) is 17.5 Å². The largest absolute Gasteiger partial charge is 0.507 e. The van der Waals surface area contributed by atoms with Gasteiger partial charge in [-0.05, 0) is 30.5 Å². The van der Waals surface area contributed by atoms with E-state index in [1.807, 2.05) is 18.2 Å². The van der Waals surface area contributed by atoms with Crippen LogP contribution < -0.4 is 0 Å². The molecule has 2 nitrogen and oxygen atoms in total. The summed E-state index contributed by atoms with van der Waals surface area (Å²) in [4.78, 5) is 11.9. The standard InChI is InChI=1S/C15H13BrO2/c16-12-8-5-11(6-9-12)7-10-15(18)13-3-1-2-4-14(13)17/h1-5,7-11,17H,6H2. The minimum absolute atomic E-state index is 0.0222. The van der Waals surface area contributed by atoms with Crippen LogP contribution in [0.4, 0.5) is 0 Å². The number of phenols is 1. The molecule has 0 spiro atoms. The molecule has 1 aliphatic carbocycles. The van der Waals surface area contributed by atoms with Gasteiger partial charge in [0.1, 0.15) is 5.75 Å². The fourth-order valence-electron chi connectivity index (χ4n) is 1.74. The number of aromatic hydroxyl groups is 1. The fourth-order valence-corrected chi connectivity index (χ4v) is 2.08. The molecular formula is C15H13BrO2. The van der Waals surface area contributed by atoms with Gasteiger partial charge in [-0.3, -0.25) is 4.79 Å². The summed E-state index contributed by atoms with van der Waals surface area (Å²) in [6, 6.07) is 6.57. The first-order chi connectivity index (χ1) is 8.66. The van der Waals surface area contributed by atoms with E-state index in [1.165, 1.54) is 12.1 Å². The molecule has 18 heavy (non-hydrogen) atoms. The van der Waals surface area contributed by atoms with Gasteiger partial charge in [-0.1, -0.05) is 52.4 Å². The van der Waals surface area contributed by atoms with Crippen molar-refractivity contribution in [3.05, 3.63) is 64.7 Å². The van der Waals surface area contributed by atoms with Gasteiger partial charge in [-0.2, -0.15) is 0 Å². The van der Waals surface area contributed by atoms with Gasteiger partial charge in [0.2, 0.25) is 0 Å². The monoisotopic (exact) mass is 304 g/mol. The number of hydrogen-bond acceptors (Lipinski definition) is 2. The van der Waals surface area contributed by atoms with Gasteiger partial charge in [-0.15, -0.1) is 0 Å². The third-order valence-corrected chi connectivity index (χ3v) is 3.34. The zero-order valence-electron chi connectivity index (χ0n) is 9.71. The highest BCUT2D eigenvalue weighted by Gasteiger charge is 2.08. The highest BCUT2D eigenvalue weighted by molar-refractivity contribution is 9.11. The number of hydrogen-bond donors (Lipinski definition) is 1. The molecule has 0 saturated carbocycles. The van der Waals surface area contributed by atoms with Crippen LogP contribution >= 0.6 is 15.9 Å². The van der Waals surface area contributed by atoms with E-state index in [9.17, 15) is 9.90 Å². The molecule has 92 valence electrons. The third-order valence-electron chi connectivity index (χ3n) is 2.75. The molecule has 0 radical (unpaired) electrons. The van der Waals surface area contributed by atoms with Crippen molar-refractivity contribution < 1.29 is 9.90 Å². The summed E-state index contributed by atoms with van der Waals surface area (Å²) in [7, 11) is 0. The lowest BCUT2D eigenvalue weighted by Crippen LogP contribution is -1.98. The smallest absolute Gasteiger partial charge is 0.189 e. The molecule has 0 aliphatic heterocycles. The quantitative estimate of drug-likeness (QED) is 0.677. The van der Waals surface area contributed by atoms with Gasteiger partial charge in [0.15, 0.2) is 5.78 Å². The first-order valence-electron chi connectivity index (χ1n) is 5.71. The number of carbonyl (C=O) groups excluding carboxylic acids is 1. The second kappa shape index (κ2) is 5.83. The van der Waals surface area contributed by atoms with Gasteiger partial charge in [-0.25, -0.2) is 0 Å². The first kappa shape index (κ1) is 12.8. The molecule has 1 aromatic rings. The van der Waals surface area contributed by atoms with Crippen molar-refractivity contribution in [2.24, 2.45) is 5.92 Å². The summed E-state index contributed by atoms with van der Waals surface area (Å²) in [5.41, 5.74) is 0.338. The number of rotatable bonds is 3. The summed E-state index contributed by atoms with van der Waals surface area (Å²) in [5.74, 6) is 0.0881. The Morgan fingerprint density at radius 3 is 2.83 bits per heavy atom. The molecule has 0 bridgehead atoms. The number of allylic oxidation sites excluding steroid dienone is 6. The molecule has 1 aliphatic rings. The second-order valence-corrected chi connectivity index (χ2v) is 5.00. The minimum Gasteiger partial charge on any atom is -0.507 e. The average molecular weight is 305 g/mol.